The molecule has 0 aliphatic rings. The number of hydrogen-bond acceptors (Lipinski definition) is 1. The van der Waals surface area contributed by atoms with Gasteiger partial charge in [0.15, 0.2) is 0 Å². The lowest BCUT2D eigenvalue weighted by molar-refractivity contribution is 0.0753. The molecule has 0 fully saturated rings. The molecule has 0 spiro atoms. The lowest BCUT2D eigenvalue weighted by Crippen LogP contribution is -2.32. The normalized spacial score (nSPS) is 10.4. The summed E-state index contributed by atoms with van der Waals surface area (Å²) in [5, 5.41) is 0.520. The van der Waals surface area contributed by atoms with E-state index in [4.69, 9.17) is 23.2 Å². The molecule has 2 nitrogen and oxygen atoms in total. The predicted molar refractivity (Wildman–Crippen MR) is 91.1 cm³/mol. The summed E-state index contributed by atoms with van der Waals surface area (Å²) in [6.45, 7) is 1.02. The second-order valence-electron chi connectivity index (χ2n) is 4.53. The number of alkyl halides is 1. The van der Waals surface area contributed by atoms with Crippen LogP contribution >= 0.6 is 39.1 Å². The molecule has 0 atom stereocenters. The van der Waals surface area contributed by atoms with Crippen LogP contribution < -0.4 is 0 Å². The molecule has 2 rings (SSSR count). The molecule has 0 aromatic heterocycles. The average Bonchev–Trinajstić information content (AvgIpc) is 2.50. The Kier molecular flexibility index (Phi) is 6.09. The molecule has 21 heavy (non-hydrogen) atoms. The molecular formula is C16H14BrCl2NO. The Bertz CT molecular complexity index is 619. The van der Waals surface area contributed by atoms with Crippen LogP contribution in [0.2, 0.25) is 5.02 Å². The quantitative estimate of drug-likeness (QED) is 0.663. The number of amides is 1. The minimum absolute atomic E-state index is 0.0751. The Labute approximate surface area is 142 Å². The maximum Gasteiger partial charge on any atom is 0.254 e. The highest BCUT2D eigenvalue weighted by molar-refractivity contribution is 9.10. The summed E-state index contributed by atoms with van der Waals surface area (Å²) in [6.07, 6.45) is 0. The molecule has 2 aromatic rings. The molecule has 1 amide bonds. The van der Waals surface area contributed by atoms with Crippen LogP contribution in [0.5, 0.6) is 0 Å². The van der Waals surface area contributed by atoms with Crippen LogP contribution in [0.25, 0.3) is 0 Å². The smallest absolute Gasteiger partial charge is 0.254 e. The van der Waals surface area contributed by atoms with Crippen molar-refractivity contribution in [1.29, 1.82) is 0 Å². The SMILES string of the molecule is O=C(c1ccc(Br)c(Cl)c1)N(CCCl)Cc1ccccc1. The lowest BCUT2D eigenvalue weighted by Gasteiger charge is -2.22. The van der Waals surface area contributed by atoms with Crippen molar-refractivity contribution in [3.8, 4) is 0 Å². The molecule has 0 N–H and O–H groups in total. The number of hydrogen-bond donors (Lipinski definition) is 0. The number of nitrogens with zero attached hydrogens (tertiary/aromatic N) is 1. The van der Waals surface area contributed by atoms with Crippen LogP contribution in [0.1, 0.15) is 15.9 Å². The fourth-order valence-corrected chi connectivity index (χ4v) is 2.60. The molecule has 0 unspecified atom stereocenters. The van der Waals surface area contributed by atoms with Crippen molar-refractivity contribution in [3.63, 3.8) is 0 Å². The standard InChI is InChI=1S/C16H14BrCl2NO/c17-14-7-6-13(10-15(14)19)16(21)20(9-8-18)11-12-4-2-1-3-5-12/h1-7,10H,8-9,11H2. The zero-order valence-electron chi connectivity index (χ0n) is 11.2. The molecule has 0 saturated carbocycles. The number of rotatable bonds is 5. The highest BCUT2D eigenvalue weighted by atomic mass is 79.9. The molecular weight excluding hydrogens is 373 g/mol. The fraction of sp³-hybridized carbons (Fsp3) is 0.188. The maximum atomic E-state index is 12.6. The summed E-state index contributed by atoms with van der Waals surface area (Å²) < 4.78 is 0.771. The summed E-state index contributed by atoms with van der Waals surface area (Å²) in [7, 11) is 0. The second kappa shape index (κ2) is 7.83. The minimum atomic E-state index is -0.0751. The van der Waals surface area contributed by atoms with E-state index in [1.165, 1.54) is 0 Å². The van der Waals surface area contributed by atoms with Crippen molar-refractivity contribution in [2.75, 3.05) is 12.4 Å². The van der Waals surface area contributed by atoms with Gasteiger partial charge >= 0.3 is 0 Å². The minimum Gasteiger partial charge on any atom is -0.333 e. The van der Waals surface area contributed by atoms with E-state index in [0.717, 1.165) is 10.0 Å². The van der Waals surface area contributed by atoms with Crippen molar-refractivity contribution in [3.05, 3.63) is 69.2 Å². The first-order chi connectivity index (χ1) is 10.1. The first-order valence-corrected chi connectivity index (χ1v) is 8.16. The molecule has 0 bridgehead atoms. The van der Waals surface area contributed by atoms with Crippen LogP contribution in [-0.2, 0) is 6.54 Å². The first kappa shape index (κ1) is 16.3. The van der Waals surface area contributed by atoms with Gasteiger partial charge in [-0.1, -0.05) is 41.9 Å². The van der Waals surface area contributed by atoms with Gasteiger partial charge in [0.05, 0.1) is 5.02 Å². The Morgan fingerprint density at radius 3 is 2.48 bits per heavy atom. The fourth-order valence-electron chi connectivity index (χ4n) is 1.97. The second-order valence-corrected chi connectivity index (χ2v) is 6.17. The van der Waals surface area contributed by atoms with Gasteiger partial charge in [-0.2, -0.15) is 0 Å². The van der Waals surface area contributed by atoms with Gasteiger partial charge in [-0.3, -0.25) is 4.79 Å². The van der Waals surface area contributed by atoms with Gasteiger partial charge in [-0.15, -0.1) is 11.6 Å². The van der Waals surface area contributed by atoms with E-state index in [-0.39, 0.29) is 5.91 Å². The molecule has 0 saturated heterocycles. The van der Waals surface area contributed by atoms with E-state index < -0.39 is 0 Å². The average molecular weight is 387 g/mol. The molecule has 0 aliphatic carbocycles. The van der Waals surface area contributed by atoms with Gasteiger partial charge < -0.3 is 4.90 Å². The van der Waals surface area contributed by atoms with E-state index in [1.54, 1.807) is 23.1 Å². The van der Waals surface area contributed by atoms with Crippen LogP contribution in [0, 0.1) is 0 Å². The van der Waals surface area contributed by atoms with Crippen molar-refractivity contribution in [1.82, 2.24) is 4.90 Å². The third-order valence-corrected chi connectivity index (χ3v) is 4.43. The number of carbonyl (C=O) groups excluding carboxylic acids is 1. The van der Waals surface area contributed by atoms with Crippen molar-refractivity contribution in [2.24, 2.45) is 0 Å². The maximum absolute atomic E-state index is 12.6. The molecule has 110 valence electrons. The van der Waals surface area contributed by atoms with E-state index in [2.05, 4.69) is 15.9 Å². The van der Waals surface area contributed by atoms with E-state index >= 15 is 0 Å². The lowest BCUT2D eigenvalue weighted by atomic mass is 10.1. The Morgan fingerprint density at radius 2 is 1.86 bits per heavy atom. The van der Waals surface area contributed by atoms with E-state index in [1.807, 2.05) is 30.3 Å². The van der Waals surface area contributed by atoms with Crippen molar-refractivity contribution >= 4 is 45.0 Å². The van der Waals surface area contributed by atoms with E-state index in [9.17, 15) is 4.79 Å². The van der Waals surface area contributed by atoms with Gasteiger partial charge in [0.25, 0.3) is 5.91 Å². The zero-order chi connectivity index (χ0) is 15.2. The molecule has 0 aliphatic heterocycles. The van der Waals surface area contributed by atoms with Crippen LogP contribution in [0.4, 0.5) is 0 Å². The van der Waals surface area contributed by atoms with E-state index in [0.29, 0.717) is 29.6 Å². The summed E-state index contributed by atoms with van der Waals surface area (Å²) in [5.74, 6) is 0.317. The van der Waals surface area contributed by atoms with Crippen LogP contribution in [0.3, 0.4) is 0 Å². The molecule has 5 heteroatoms. The third kappa shape index (κ3) is 4.47. The third-order valence-electron chi connectivity index (χ3n) is 3.02. The number of carbonyl (C=O) groups is 1. The number of halogens is 3. The van der Waals surface area contributed by atoms with Gasteiger partial charge in [-0.05, 0) is 39.7 Å². The monoisotopic (exact) mass is 385 g/mol. The van der Waals surface area contributed by atoms with Crippen LogP contribution in [-0.4, -0.2) is 23.2 Å². The molecule has 2 aromatic carbocycles. The molecule has 0 radical (unpaired) electrons. The Balaban J connectivity index is 2.20. The van der Waals surface area contributed by atoms with Crippen molar-refractivity contribution in [2.45, 2.75) is 6.54 Å². The van der Waals surface area contributed by atoms with Gasteiger partial charge in [0, 0.05) is 29.0 Å². The van der Waals surface area contributed by atoms with Crippen molar-refractivity contribution < 1.29 is 4.79 Å². The van der Waals surface area contributed by atoms with Gasteiger partial charge in [0.1, 0.15) is 0 Å². The summed E-state index contributed by atoms with van der Waals surface area (Å²) in [6, 6.07) is 15.0. The Hall–Kier alpha value is -1.03. The first-order valence-electron chi connectivity index (χ1n) is 6.46. The van der Waals surface area contributed by atoms with Gasteiger partial charge in [-0.25, -0.2) is 0 Å². The highest BCUT2D eigenvalue weighted by Crippen LogP contribution is 2.24. The van der Waals surface area contributed by atoms with Gasteiger partial charge in [0.2, 0.25) is 0 Å². The predicted octanol–water partition coefficient (Wildman–Crippen LogP) is 4.98. The molecule has 0 heterocycles. The summed E-state index contributed by atoms with van der Waals surface area (Å²) in [4.78, 5) is 14.3. The summed E-state index contributed by atoms with van der Waals surface area (Å²) >= 11 is 15.2. The number of benzene rings is 2. The summed E-state index contributed by atoms with van der Waals surface area (Å²) in [5.41, 5.74) is 1.63. The van der Waals surface area contributed by atoms with Crippen LogP contribution in [0.15, 0.2) is 53.0 Å². The zero-order valence-corrected chi connectivity index (χ0v) is 14.3. The largest absolute Gasteiger partial charge is 0.333 e. The Morgan fingerprint density at radius 1 is 1.14 bits per heavy atom. The topological polar surface area (TPSA) is 20.3 Å². The highest BCUT2D eigenvalue weighted by Gasteiger charge is 2.16.